The Kier molecular flexibility index (Phi) is 8.98. The van der Waals surface area contributed by atoms with Crippen LogP contribution >= 0.6 is 7.60 Å². The highest BCUT2D eigenvalue weighted by Crippen LogP contribution is 2.49. The van der Waals surface area contributed by atoms with Crippen molar-refractivity contribution in [3.05, 3.63) is 12.2 Å². The number of carboxylic acids is 1. The third kappa shape index (κ3) is 6.66. The third-order valence-electron chi connectivity index (χ3n) is 3.21. The Morgan fingerprint density at radius 1 is 1.15 bits per heavy atom. The highest BCUT2D eigenvalue weighted by atomic mass is 31.2. The zero-order chi connectivity index (χ0) is 15.6. The number of unbranched alkanes of at least 4 members (excludes halogenated alkanes) is 6. The van der Waals surface area contributed by atoms with Gasteiger partial charge in [-0.05, 0) is 12.8 Å². The number of allylic oxidation sites excluding steroid dienone is 1. The van der Waals surface area contributed by atoms with E-state index in [0.717, 1.165) is 19.3 Å². The van der Waals surface area contributed by atoms with Crippen LogP contribution in [0.5, 0.6) is 0 Å². The molecule has 0 aliphatic heterocycles. The fraction of sp³-hybridized carbons (Fsp3) is 0.769. The van der Waals surface area contributed by atoms with E-state index in [0.29, 0.717) is 0 Å². The van der Waals surface area contributed by atoms with Gasteiger partial charge in [0.1, 0.15) is 0 Å². The molecular formula is C13H26NO5P. The van der Waals surface area contributed by atoms with Gasteiger partial charge >= 0.3 is 13.6 Å². The van der Waals surface area contributed by atoms with Gasteiger partial charge in [0.15, 0.2) is 0 Å². The molecule has 0 spiro atoms. The molecule has 0 aromatic heterocycles. The van der Waals surface area contributed by atoms with Crippen molar-refractivity contribution in [3.63, 3.8) is 0 Å². The molecule has 0 amide bonds. The van der Waals surface area contributed by atoms with Gasteiger partial charge in [0.25, 0.3) is 0 Å². The van der Waals surface area contributed by atoms with Crippen molar-refractivity contribution in [1.29, 1.82) is 0 Å². The summed E-state index contributed by atoms with van der Waals surface area (Å²) in [5.41, 5.74) is 5.30. The maximum absolute atomic E-state index is 11.1. The molecule has 0 heterocycles. The molecule has 0 aliphatic rings. The van der Waals surface area contributed by atoms with Crippen molar-refractivity contribution < 1.29 is 24.3 Å². The van der Waals surface area contributed by atoms with Gasteiger partial charge in [-0.2, -0.15) is 0 Å². The number of hydrogen-bond donors (Lipinski definition) is 4. The van der Waals surface area contributed by atoms with E-state index in [-0.39, 0.29) is 6.42 Å². The topological polar surface area (TPSA) is 121 Å². The number of aliphatic carboxylic acids is 1. The predicted molar refractivity (Wildman–Crippen MR) is 78.3 cm³/mol. The van der Waals surface area contributed by atoms with Crippen molar-refractivity contribution in [2.45, 2.75) is 63.6 Å². The van der Waals surface area contributed by atoms with Crippen LogP contribution in [0.3, 0.4) is 0 Å². The molecule has 118 valence electrons. The molecule has 0 fully saturated rings. The molecule has 0 saturated carbocycles. The lowest BCUT2D eigenvalue weighted by Gasteiger charge is -2.23. The predicted octanol–water partition coefficient (Wildman–Crippen LogP) is 2.60. The van der Waals surface area contributed by atoms with Crippen molar-refractivity contribution in [3.8, 4) is 0 Å². The summed E-state index contributed by atoms with van der Waals surface area (Å²) in [5, 5.41) is 6.32. The largest absolute Gasteiger partial charge is 0.479 e. The Hall–Kier alpha value is -0.680. The Labute approximate surface area is 120 Å². The van der Waals surface area contributed by atoms with Crippen LogP contribution in [0.15, 0.2) is 12.2 Å². The van der Waals surface area contributed by atoms with Crippen LogP contribution in [-0.2, 0) is 9.36 Å². The molecule has 0 bridgehead atoms. The molecule has 0 radical (unpaired) electrons. The molecule has 0 aliphatic carbocycles. The second-order valence-electron chi connectivity index (χ2n) is 5.01. The Morgan fingerprint density at radius 3 is 2.20 bits per heavy atom. The lowest BCUT2D eigenvalue weighted by molar-refractivity contribution is -0.140. The maximum Gasteiger partial charge on any atom is 0.357 e. The van der Waals surface area contributed by atoms with E-state index < -0.39 is 18.8 Å². The highest BCUT2D eigenvalue weighted by molar-refractivity contribution is 7.54. The lowest BCUT2D eigenvalue weighted by atomic mass is 10.1. The summed E-state index contributed by atoms with van der Waals surface area (Å²) >= 11 is 0. The molecule has 1 atom stereocenters. The molecule has 0 aromatic rings. The third-order valence-corrected chi connectivity index (χ3v) is 4.62. The summed E-state index contributed by atoms with van der Waals surface area (Å²) < 4.78 is 11.1. The van der Waals surface area contributed by atoms with Crippen molar-refractivity contribution in [1.82, 2.24) is 0 Å². The Bertz CT molecular complexity index is 366. The number of carbonyl (C=O) groups is 1. The van der Waals surface area contributed by atoms with E-state index in [2.05, 4.69) is 6.92 Å². The first-order chi connectivity index (χ1) is 9.25. The average Bonchev–Trinajstić information content (AvgIpc) is 2.34. The minimum atomic E-state index is -4.89. The first kappa shape index (κ1) is 19.3. The molecule has 7 heteroatoms. The SMILES string of the molecule is CCCCCCCC/C=C/CC(N)(C(=O)O)P(=O)(O)O. The zero-order valence-corrected chi connectivity index (χ0v) is 12.9. The first-order valence-electron chi connectivity index (χ1n) is 6.98. The molecule has 1 unspecified atom stereocenters. The smallest absolute Gasteiger partial charge is 0.357 e. The first-order valence-corrected chi connectivity index (χ1v) is 8.60. The second kappa shape index (κ2) is 9.29. The van der Waals surface area contributed by atoms with E-state index in [1.54, 1.807) is 6.08 Å². The fourth-order valence-electron chi connectivity index (χ4n) is 1.75. The average molecular weight is 307 g/mol. The van der Waals surface area contributed by atoms with Crippen LogP contribution in [-0.4, -0.2) is 26.1 Å². The summed E-state index contributed by atoms with van der Waals surface area (Å²) in [5.74, 6) is -1.69. The van der Waals surface area contributed by atoms with Gasteiger partial charge in [0.2, 0.25) is 5.28 Å². The van der Waals surface area contributed by atoms with E-state index in [1.165, 1.54) is 31.8 Å². The van der Waals surface area contributed by atoms with Crippen molar-refractivity contribution in [2.24, 2.45) is 5.73 Å². The number of nitrogens with two attached hydrogens (primary N) is 1. The quantitative estimate of drug-likeness (QED) is 0.264. The minimum absolute atomic E-state index is 0.373. The Balaban J connectivity index is 4.04. The van der Waals surface area contributed by atoms with Gasteiger partial charge in [-0.3, -0.25) is 4.57 Å². The van der Waals surface area contributed by atoms with Crippen LogP contribution < -0.4 is 5.73 Å². The van der Waals surface area contributed by atoms with Crippen LogP contribution in [0.1, 0.15) is 58.3 Å². The Morgan fingerprint density at radius 2 is 1.70 bits per heavy atom. The number of carboxylic acid groups (broad SMARTS) is 1. The monoisotopic (exact) mass is 307 g/mol. The van der Waals surface area contributed by atoms with Crippen LogP contribution in [0.25, 0.3) is 0 Å². The second-order valence-corrected chi connectivity index (χ2v) is 6.89. The van der Waals surface area contributed by atoms with E-state index in [4.69, 9.17) is 20.6 Å². The summed E-state index contributed by atoms with van der Waals surface area (Å²) in [7, 11) is -4.89. The van der Waals surface area contributed by atoms with Crippen LogP contribution in [0.4, 0.5) is 0 Å². The maximum atomic E-state index is 11.1. The molecule has 0 saturated heterocycles. The van der Waals surface area contributed by atoms with Crippen LogP contribution in [0, 0.1) is 0 Å². The van der Waals surface area contributed by atoms with Crippen molar-refractivity contribution in [2.75, 3.05) is 0 Å². The standard InChI is InChI=1S/C13H26NO5P/c1-2-3-4-5-6-7-8-9-10-11-13(14,12(15)16)20(17,18)19/h9-10H,2-8,11,14H2,1H3,(H,15,16)(H2,17,18,19)/b10-9+. The van der Waals surface area contributed by atoms with Gasteiger partial charge in [-0.25, -0.2) is 4.79 Å². The van der Waals surface area contributed by atoms with Gasteiger partial charge < -0.3 is 20.6 Å². The summed E-state index contributed by atoms with van der Waals surface area (Å²) in [4.78, 5) is 28.9. The van der Waals surface area contributed by atoms with Gasteiger partial charge in [0, 0.05) is 6.42 Å². The van der Waals surface area contributed by atoms with E-state index >= 15 is 0 Å². The lowest BCUT2D eigenvalue weighted by Crippen LogP contribution is -2.47. The highest BCUT2D eigenvalue weighted by Gasteiger charge is 2.49. The van der Waals surface area contributed by atoms with Gasteiger partial charge in [-0.1, -0.05) is 51.2 Å². The van der Waals surface area contributed by atoms with Gasteiger partial charge in [0.05, 0.1) is 0 Å². The molecule has 20 heavy (non-hydrogen) atoms. The summed E-state index contributed by atoms with van der Waals surface area (Å²) in [6, 6.07) is 0. The van der Waals surface area contributed by atoms with Crippen LogP contribution in [0.2, 0.25) is 0 Å². The fourth-order valence-corrected chi connectivity index (χ4v) is 2.35. The normalized spacial score (nSPS) is 15.4. The van der Waals surface area contributed by atoms with E-state index in [9.17, 15) is 9.36 Å². The molecule has 5 N–H and O–H groups in total. The van der Waals surface area contributed by atoms with E-state index in [1.807, 2.05) is 0 Å². The van der Waals surface area contributed by atoms with Gasteiger partial charge in [-0.15, -0.1) is 0 Å². The number of rotatable bonds is 11. The minimum Gasteiger partial charge on any atom is -0.479 e. The molecule has 0 aromatic carbocycles. The molecule has 0 rings (SSSR count). The molecular weight excluding hydrogens is 281 g/mol. The number of hydrogen-bond acceptors (Lipinski definition) is 3. The summed E-state index contributed by atoms with van der Waals surface area (Å²) in [6.07, 6.45) is 10.5. The summed E-state index contributed by atoms with van der Waals surface area (Å²) in [6.45, 7) is 2.16. The zero-order valence-electron chi connectivity index (χ0n) is 12.0. The van der Waals surface area contributed by atoms with Crippen molar-refractivity contribution >= 4 is 13.6 Å². The molecule has 6 nitrogen and oxygen atoms in total.